The normalized spacial score (nSPS) is 16.7. The van der Waals surface area contributed by atoms with Crippen molar-refractivity contribution in [1.29, 1.82) is 0 Å². The summed E-state index contributed by atoms with van der Waals surface area (Å²) in [6, 6.07) is 8.55. The molecule has 0 atom stereocenters. The molecule has 1 aliphatic heterocycles. The molecule has 1 saturated heterocycles. The fraction of sp³-hybridized carbons (Fsp3) is 0.550. The molecule has 1 N–H and O–H groups in total. The Bertz CT molecular complexity index is 601. The molecule has 0 saturated carbocycles. The van der Waals surface area contributed by atoms with Gasteiger partial charge in [0, 0.05) is 13.1 Å². The van der Waals surface area contributed by atoms with Crippen LogP contribution in [0.2, 0.25) is 0 Å². The topological polar surface area (TPSA) is 35.6 Å². The van der Waals surface area contributed by atoms with Gasteiger partial charge >= 0.3 is 6.03 Å². The van der Waals surface area contributed by atoms with Gasteiger partial charge in [0.05, 0.1) is 5.54 Å². The maximum Gasteiger partial charge on any atom is 0.318 e. The first-order valence-corrected chi connectivity index (χ1v) is 8.70. The van der Waals surface area contributed by atoms with Crippen LogP contribution < -0.4 is 5.32 Å². The minimum absolute atomic E-state index is 0.00437. The second-order valence-corrected chi connectivity index (χ2v) is 7.56. The van der Waals surface area contributed by atoms with Crippen molar-refractivity contribution < 1.29 is 4.79 Å². The van der Waals surface area contributed by atoms with Crippen molar-refractivity contribution in [3.05, 3.63) is 42.0 Å². The Hall–Kier alpha value is -1.81. The Morgan fingerprint density at radius 3 is 2.54 bits per heavy atom. The number of hydrogen-bond acceptors (Lipinski definition) is 2. The third kappa shape index (κ3) is 4.38. The Balaban J connectivity index is 2.06. The number of nitrogens with one attached hydrogen (secondary N) is 1. The van der Waals surface area contributed by atoms with E-state index in [0.29, 0.717) is 6.04 Å². The summed E-state index contributed by atoms with van der Waals surface area (Å²) in [7, 11) is 4.04. The summed E-state index contributed by atoms with van der Waals surface area (Å²) in [5.41, 5.74) is 2.80. The van der Waals surface area contributed by atoms with E-state index >= 15 is 0 Å². The SMILES string of the molecule is C=C(C)c1cccc(C(C)(C)NC(=O)N(C)C2CCN(C)CC2)c1. The zero-order valence-corrected chi connectivity index (χ0v) is 15.7. The molecule has 1 aromatic carbocycles. The fourth-order valence-electron chi connectivity index (χ4n) is 3.15. The van der Waals surface area contributed by atoms with Crippen molar-refractivity contribution in [3.8, 4) is 0 Å². The standard InChI is InChI=1S/C20H31N3O/c1-15(2)16-8-7-9-17(14-16)20(3,4)21-19(24)23(6)18-10-12-22(5)13-11-18/h7-9,14,18H,1,10-13H2,2-6H3,(H,21,24). The van der Waals surface area contributed by atoms with Crippen molar-refractivity contribution in [1.82, 2.24) is 15.1 Å². The molecule has 132 valence electrons. The fourth-order valence-corrected chi connectivity index (χ4v) is 3.15. The summed E-state index contributed by atoms with van der Waals surface area (Å²) < 4.78 is 0. The van der Waals surface area contributed by atoms with Crippen LogP contribution in [0.25, 0.3) is 5.57 Å². The maximum absolute atomic E-state index is 12.7. The van der Waals surface area contributed by atoms with E-state index in [0.717, 1.165) is 42.6 Å². The van der Waals surface area contributed by atoms with Crippen LogP contribution in [0.4, 0.5) is 4.79 Å². The number of allylic oxidation sites excluding steroid dienone is 1. The first-order valence-electron chi connectivity index (χ1n) is 8.70. The number of rotatable bonds is 4. The summed E-state index contributed by atoms with van der Waals surface area (Å²) in [6.07, 6.45) is 2.07. The average Bonchev–Trinajstić information content (AvgIpc) is 2.54. The highest BCUT2D eigenvalue weighted by Crippen LogP contribution is 2.24. The zero-order chi connectivity index (χ0) is 17.9. The van der Waals surface area contributed by atoms with Crippen LogP contribution in [0.15, 0.2) is 30.8 Å². The van der Waals surface area contributed by atoms with Crippen molar-refractivity contribution in [2.45, 2.75) is 45.2 Å². The average molecular weight is 329 g/mol. The van der Waals surface area contributed by atoms with Crippen LogP contribution in [0, 0.1) is 0 Å². The third-order valence-electron chi connectivity index (χ3n) is 5.05. The molecular formula is C20H31N3O. The molecule has 24 heavy (non-hydrogen) atoms. The molecule has 2 amide bonds. The molecule has 1 aromatic rings. The monoisotopic (exact) mass is 329 g/mol. The van der Waals surface area contributed by atoms with E-state index in [9.17, 15) is 4.79 Å². The predicted octanol–water partition coefficient (Wildman–Crippen LogP) is 3.69. The molecule has 0 spiro atoms. The number of likely N-dealkylation sites (tertiary alicyclic amines) is 1. The first kappa shape index (κ1) is 18.5. The first-order chi connectivity index (χ1) is 11.2. The van der Waals surface area contributed by atoms with E-state index in [1.54, 1.807) is 0 Å². The molecule has 4 heteroatoms. The second kappa shape index (κ2) is 7.39. The Morgan fingerprint density at radius 1 is 1.33 bits per heavy atom. The van der Waals surface area contributed by atoms with Crippen molar-refractivity contribution in [2.24, 2.45) is 0 Å². The second-order valence-electron chi connectivity index (χ2n) is 7.56. The van der Waals surface area contributed by atoms with Gasteiger partial charge in [0.1, 0.15) is 0 Å². The molecule has 1 heterocycles. The van der Waals surface area contributed by atoms with E-state index in [2.05, 4.69) is 36.0 Å². The number of carbonyl (C=O) groups is 1. The zero-order valence-electron chi connectivity index (χ0n) is 15.7. The Labute approximate surface area is 146 Å². The molecular weight excluding hydrogens is 298 g/mol. The van der Waals surface area contributed by atoms with Gasteiger partial charge in [0.25, 0.3) is 0 Å². The summed E-state index contributed by atoms with van der Waals surface area (Å²) in [6.45, 7) is 12.2. The lowest BCUT2D eigenvalue weighted by Gasteiger charge is -2.37. The summed E-state index contributed by atoms with van der Waals surface area (Å²) in [5.74, 6) is 0. The highest BCUT2D eigenvalue weighted by molar-refractivity contribution is 5.75. The lowest BCUT2D eigenvalue weighted by molar-refractivity contribution is 0.141. The lowest BCUT2D eigenvalue weighted by Crippen LogP contribution is -2.52. The molecule has 2 rings (SSSR count). The number of nitrogens with zero attached hydrogens (tertiary/aromatic N) is 2. The van der Waals surface area contributed by atoms with Gasteiger partial charge in [0.15, 0.2) is 0 Å². The highest BCUT2D eigenvalue weighted by atomic mass is 16.2. The maximum atomic E-state index is 12.7. The summed E-state index contributed by atoms with van der Waals surface area (Å²) >= 11 is 0. The molecule has 1 aliphatic rings. The van der Waals surface area contributed by atoms with E-state index in [1.165, 1.54) is 0 Å². The minimum atomic E-state index is -0.428. The van der Waals surface area contributed by atoms with Gasteiger partial charge in [-0.25, -0.2) is 4.79 Å². The van der Waals surface area contributed by atoms with Crippen LogP contribution in [-0.2, 0) is 5.54 Å². The molecule has 0 aliphatic carbocycles. The van der Waals surface area contributed by atoms with Crippen molar-refractivity contribution >= 4 is 11.6 Å². The van der Waals surface area contributed by atoms with Gasteiger partial charge in [0.2, 0.25) is 0 Å². The Kier molecular flexibility index (Phi) is 5.70. The summed E-state index contributed by atoms with van der Waals surface area (Å²) in [5, 5.41) is 3.19. The van der Waals surface area contributed by atoms with Gasteiger partial charge in [-0.1, -0.05) is 30.4 Å². The summed E-state index contributed by atoms with van der Waals surface area (Å²) in [4.78, 5) is 16.9. The van der Waals surface area contributed by atoms with Crippen molar-refractivity contribution in [3.63, 3.8) is 0 Å². The molecule has 0 aromatic heterocycles. The number of hydrogen-bond donors (Lipinski definition) is 1. The molecule has 0 radical (unpaired) electrons. The number of benzene rings is 1. The van der Waals surface area contributed by atoms with E-state index in [-0.39, 0.29) is 6.03 Å². The number of amides is 2. The largest absolute Gasteiger partial charge is 0.329 e. The van der Waals surface area contributed by atoms with Gasteiger partial charge in [-0.2, -0.15) is 0 Å². The molecule has 1 fully saturated rings. The minimum Gasteiger partial charge on any atom is -0.329 e. The number of piperidine rings is 1. The van der Waals surface area contributed by atoms with Gasteiger partial charge in [-0.3, -0.25) is 0 Å². The number of carbonyl (C=O) groups excluding carboxylic acids is 1. The van der Waals surface area contributed by atoms with Gasteiger partial charge < -0.3 is 15.1 Å². The quantitative estimate of drug-likeness (QED) is 0.914. The van der Waals surface area contributed by atoms with Crippen LogP contribution in [-0.4, -0.2) is 49.1 Å². The van der Waals surface area contributed by atoms with Crippen LogP contribution in [0.5, 0.6) is 0 Å². The Morgan fingerprint density at radius 2 is 1.96 bits per heavy atom. The van der Waals surface area contributed by atoms with Gasteiger partial charge in [-0.15, -0.1) is 0 Å². The van der Waals surface area contributed by atoms with Crippen molar-refractivity contribution in [2.75, 3.05) is 27.2 Å². The molecule has 4 nitrogen and oxygen atoms in total. The number of urea groups is 1. The van der Waals surface area contributed by atoms with Crippen LogP contribution in [0.1, 0.15) is 44.7 Å². The smallest absolute Gasteiger partial charge is 0.318 e. The van der Waals surface area contributed by atoms with Crippen LogP contribution in [0.3, 0.4) is 0 Å². The van der Waals surface area contributed by atoms with E-state index in [4.69, 9.17) is 0 Å². The van der Waals surface area contributed by atoms with Crippen LogP contribution >= 0.6 is 0 Å². The molecule has 0 unspecified atom stereocenters. The lowest BCUT2D eigenvalue weighted by atomic mass is 9.91. The third-order valence-corrected chi connectivity index (χ3v) is 5.05. The van der Waals surface area contributed by atoms with Gasteiger partial charge in [-0.05, 0) is 70.9 Å². The predicted molar refractivity (Wildman–Crippen MR) is 101 cm³/mol. The van der Waals surface area contributed by atoms with E-state index < -0.39 is 5.54 Å². The molecule has 0 bridgehead atoms. The highest BCUT2D eigenvalue weighted by Gasteiger charge is 2.29. The van der Waals surface area contributed by atoms with E-state index in [1.807, 2.05) is 44.9 Å².